The number of anilines is 6. The lowest BCUT2D eigenvalue weighted by Gasteiger charge is -2.42. The molecule has 2 aliphatic heterocycles. The van der Waals surface area contributed by atoms with Crippen molar-refractivity contribution < 1.29 is 0 Å². The topological polar surface area (TPSA) is 6.48 Å². The summed E-state index contributed by atoms with van der Waals surface area (Å²) in [5.74, 6) is 0. The van der Waals surface area contributed by atoms with E-state index in [-0.39, 0.29) is 10.8 Å². The third-order valence-electron chi connectivity index (χ3n) is 14.9. The van der Waals surface area contributed by atoms with Gasteiger partial charge in [0.1, 0.15) is 0 Å². The predicted octanol–water partition coefficient (Wildman–Crippen LogP) is 17.9. The summed E-state index contributed by atoms with van der Waals surface area (Å²) in [6.45, 7) is 9.44. The Morgan fingerprint density at radius 2 is 0.591 bits per heavy atom. The van der Waals surface area contributed by atoms with Gasteiger partial charge in [0, 0.05) is 22.2 Å². The van der Waals surface area contributed by atoms with E-state index in [0.717, 1.165) is 11.4 Å². The van der Waals surface area contributed by atoms with E-state index in [4.69, 9.17) is 0 Å². The van der Waals surface area contributed by atoms with Gasteiger partial charge >= 0.3 is 0 Å². The molecule has 66 heavy (non-hydrogen) atoms. The number of hydrogen-bond acceptors (Lipinski definition) is 2. The molecule has 0 amide bonds. The zero-order valence-corrected chi connectivity index (χ0v) is 37.7. The van der Waals surface area contributed by atoms with Crippen LogP contribution in [0.2, 0.25) is 0 Å². The molecule has 0 saturated heterocycles. The fraction of sp³-hybridized carbons (Fsp3) is 0.0938. The van der Waals surface area contributed by atoms with Crippen molar-refractivity contribution in [2.45, 2.75) is 38.5 Å². The zero-order valence-electron chi connectivity index (χ0n) is 37.7. The maximum atomic E-state index is 2.50. The molecule has 0 atom stereocenters. The van der Waals surface area contributed by atoms with Crippen LogP contribution >= 0.6 is 0 Å². The summed E-state index contributed by atoms with van der Waals surface area (Å²) in [4.78, 5) is 4.99. The van der Waals surface area contributed by atoms with Crippen LogP contribution in [0.25, 0.3) is 65.3 Å². The lowest BCUT2D eigenvalue weighted by molar-refractivity contribution is 0.632. The molecular weight excluding hydrogens is 797 g/mol. The van der Waals surface area contributed by atoms with Gasteiger partial charge in [-0.15, -0.1) is 0 Å². The van der Waals surface area contributed by atoms with Gasteiger partial charge in [-0.3, -0.25) is 0 Å². The van der Waals surface area contributed by atoms with Crippen LogP contribution in [0.1, 0.15) is 49.9 Å². The second kappa shape index (κ2) is 14.3. The molecule has 11 aromatic carbocycles. The van der Waals surface area contributed by atoms with Crippen molar-refractivity contribution in [1.82, 2.24) is 0 Å². The third kappa shape index (κ3) is 5.61. The van der Waals surface area contributed by atoms with Crippen molar-refractivity contribution in [1.29, 1.82) is 0 Å². The molecule has 0 saturated carbocycles. The van der Waals surface area contributed by atoms with Gasteiger partial charge < -0.3 is 9.80 Å². The van der Waals surface area contributed by atoms with Crippen molar-refractivity contribution >= 4 is 77.2 Å². The van der Waals surface area contributed by atoms with E-state index in [1.807, 2.05) is 0 Å². The van der Waals surface area contributed by atoms with Crippen molar-refractivity contribution in [3.63, 3.8) is 0 Å². The van der Waals surface area contributed by atoms with Gasteiger partial charge in [-0.1, -0.05) is 185 Å². The first-order valence-corrected chi connectivity index (χ1v) is 23.3. The van der Waals surface area contributed by atoms with Gasteiger partial charge in [0.05, 0.1) is 22.7 Å². The Kier molecular flexibility index (Phi) is 8.33. The van der Waals surface area contributed by atoms with Crippen molar-refractivity contribution in [2.75, 3.05) is 9.80 Å². The molecule has 0 spiro atoms. The maximum absolute atomic E-state index is 2.50. The van der Waals surface area contributed by atoms with E-state index < -0.39 is 0 Å². The van der Waals surface area contributed by atoms with E-state index in [2.05, 4.69) is 256 Å². The molecule has 0 unspecified atom stereocenters. The molecule has 13 rings (SSSR count). The average molecular weight is 845 g/mol. The van der Waals surface area contributed by atoms with Gasteiger partial charge in [0.2, 0.25) is 0 Å². The molecule has 2 aliphatic rings. The summed E-state index contributed by atoms with van der Waals surface area (Å²) in [6, 6.07) is 81.9. The lowest BCUT2D eigenvalue weighted by Crippen LogP contribution is -2.30. The number of rotatable bonds is 4. The van der Waals surface area contributed by atoms with E-state index in [0.29, 0.717) is 0 Å². The van der Waals surface area contributed by atoms with E-state index in [9.17, 15) is 0 Å². The van der Waals surface area contributed by atoms with Crippen LogP contribution in [0, 0.1) is 0 Å². The molecule has 11 aromatic rings. The average Bonchev–Trinajstić information content (AvgIpc) is 3.35. The van der Waals surface area contributed by atoms with Crippen LogP contribution in [-0.4, -0.2) is 0 Å². The molecule has 314 valence electrons. The lowest BCUT2D eigenvalue weighted by atomic mass is 9.73. The monoisotopic (exact) mass is 844 g/mol. The first-order valence-electron chi connectivity index (χ1n) is 23.3. The molecule has 2 heterocycles. The molecule has 0 aliphatic carbocycles. The summed E-state index contributed by atoms with van der Waals surface area (Å²) in [5, 5.41) is 9.83. The number of fused-ring (bicyclic) bond motifs is 8. The van der Waals surface area contributed by atoms with E-state index in [1.165, 1.54) is 110 Å². The molecule has 0 aromatic heterocycles. The number of benzene rings is 11. The van der Waals surface area contributed by atoms with Crippen LogP contribution in [0.5, 0.6) is 0 Å². The Balaban J connectivity index is 1.15. The van der Waals surface area contributed by atoms with Gasteiger partial charge in [0.15, 0.2) is 0 Å². The standard InChI is InChI=1S/C64H48N2/c1-63(2)53-21-9-13-25-57(53)65(58-26-14-10-22-54(58)63)47-33-35-49-51(39-47)61(45-31-29-41-17-5-7-19-43(41)37-45)50-36-34-48(40-52(50)62(49)46-32-30-42-18-6-8-20-44(42)38-46)66-59-27-15-11-23-55(59)64(3,4)56-24-12-16-28-60(56)66/h5-40H,1-4H3. The third-order valence-corrected chi connectivity index (χ3v) is 14.9. The first kappa shape index (κ1) is 38.5. The maximum Gasteiger partial charge on any atom is 0.0502 e. The van der Waals surface area contributed by atoms with Crippen LogP contribution in [0.3, 0.4) is 0 Å². The van der Waals surface area contributed by atoms with Gasteiger partial charge in [-0.25, -0.2) is 0 Å². The number of nitrogens with zero attached hydrogens (tertiary/aromatic N) is 2. The summed E-state index contributed by atoms with van der Waals surface area (Å²) in [5.41, 5.74) is 17.0. The Morgan fingerprint density at radius 3 is 0.955 bits per heavy atom. The van der Waals surface area contributed by atoms with Crippen molar-refractivity contribution in [2.24, 2.45) is 0 Å². The molecule has 0 bridgehead atoms. The Bertz CT molecular complexity index is 3450. The summed E-state index contributed by atoms with van der Waals surface area (Å²) in [6.07, 6.45) is 0. The molecule has 2 nitrogen and oxygen atoms in total. The Hall–Kier alpha value is -7.94. The van der Waals surface area contributed by atoms with Crippen molar-refractivity contribution in [3.8, 4) is 22.3 Å². The fourth-order valence-corrected chi connectivity index (χ4v) is 11.7. The van der Waals surface area contributed by atoms with Crippen LogP contribution < -0.4 is 9.80 Å². The second-order valence-electron chi connectivity index (χ2n) is 19.3. The molecule has 2 heteroatoms. The second-order valence-corrected chi connectivity index (χ2v) is 19.3. The molecule has 0 N–H and O–H groups in total. The van der Waals surface area contributed by atoms with Crippen LogP contribution in [0.15, 0.2) is 218 Å². The fourth-order valence-electron chi connectivity index (χ4n) is 11.7. The van der Waals surface area contributed by atoms with Crippen LogP contribution in [0.4, 0.5) is 34.1 Å². The summed E-state index contributed by atoms with van der Waals surface area (Å²) < 4.78 is 0. The molecule has 0 fully saturated rings. The normalized spacial score (nSPS) is 14.5. The zero-order chi connectivity index (χ0) is 44.3. The van der Waals surface area contributed by atoms with E-state index >= 15 is 0 Å². The minimum Gasteiger partial charge on any atom is -0.310 e. The Labute approximate surface area is 386 Å². The molecular formula is C64H48N2. The van der Waals surface area contributed by atoms with Gasteiger partial charge in [-0.2, -0.15) is 0 Å². The highest BCUT2D eigenvalue weighted by Crippen LogP contribution is 2.55. The summed E-state index contributed by atoms with van der Waals surface area (Å²) in [7, 11) is 0. The highest BCUT2D eigenvalue weighted by molar-refractivity contribution is 6.23. The smallest absolute Gasteiger partial charge is 0.0502 e. The first-order chi connectivity index (χ1) is 32.3. The number of para-hydroxylation sites is 4. The minimum atomic E-state index is -0.154. The van der Waals surface area contributed by atoms with Crippen molar-refractivity contribution in [3.05, 3.63) is 241 Å². The highest BCUT2D eigenvalue weighted by Gasteiger charge is 2.38. The minimum absolute atomic E-state index is 0.154. The van der Waals surface area contributed by atoms with Gasteiger partial charge in [-0.05, 0) is 148 Å². The largest absolute Gasteiger partial charge is 0.310 e. The Morgan fingerprint density at radius 1 is 0.273 bits per heavy atom. The number of hydrogen-bond donors (Lipinski definition) is 0. The van der Waals surface area contributed by atoms with E-state index in [1.54, 1.807) is 0 Å². The SMILES string of the molecule is CC1(C)c2ccccc2N(c2ccc3c(-c4ccc5ccccc5c4)c4cc(N5c6ccccc6C(C)(C)c6ccccc65)ccc4c(-c4ccc5ccccc5c4)c3c2)c2ccccc21. The summed E-state index contributed by atoms with van der Waals surface area (Å²) >= 11 is 0. The molecule has 0 radical (unpaired) electrons. The predicted molar refractivity (Wildman–Crippen MR) is 281 cm³/mol. The highest BCUT2D eigenvalue weighted by atomic mass is 15.2. The van der Waals surface area contributed by atoms with Crippen LogP contribution in [-0.2, 0) is 10.8 Å². The quantitative estimate of drug-likeness (QED) is 0.163. The van der Waals surface area contributed by atoms with Gasteiger partial charge in [0.25, 0.3) is 0 Å².